The number of aryl methyl sites for hydroxylation is 1. The number of nitrogens with two attached hydrogens (primary N) is 1. The second kappa shape index (κ2) is 8.88. The Bertz CT molecular complexity index is 1110. The van der Waals surface area contributed by atoms with Crippen LogP contribution in [-0.2, 0) is 24.2 Å². The van der Waals surface area contributed by atoms with E-state index in [2.05, 4.69) is 41.1 Å². The normalized spacial score (nSPS) is 17.3. The maximum atomic E-state index is 6.08. The highest BCUT2D eigenvalue weighted by Crippen LogP contribution is 2.31. The van der Waals surface area contributed by atoms with E-state index in [9.17, 15) is 0 Å². The second-order valence-corrected chi connectivity index (χ2v) is 8.92. The minimum atomic E-state index is 0.264. The van der Waals surface area contributed by atoms with E-state index in [1.54, 1.807) is 12.4 Å². The van der Waals surface area contributed by atoms with E-state index in [1.807, 2.05) is 10.9 Å². The Morgan fingerprint density at radius 3 is 2.91 bits per heavy atom. The molecule has 0 aliphatic carbocycles. The number of fused-ring (bicyclic) bond motifs is 1. The molecule has 8 heteroatoms. The third-order valence-corrected chi connectivity index (χ3v) is 6.42. The lowest BCUT2D eigenvalue weighted by atomic mass is 9.92. The van der Waals surface area contributed by atoms with Crippen molar-refractivity contribution in [1.82, 2.24) is 24.6 Å². The first-order chi connectivity index (χ1) is 15.5. The van der Waals surface area contributed by atoms with Gasteiger partial charge < -0.3 is 20.1 Å². The Labute approximate surface area is 188 Å². The van der Waals surface area contributed by atoms with Crippen molar-refractivity contribution in [2.24, 2.45) is 5.92 Å². The minimum absolute atomic E-state index is 0.264. The van der Waals surface area contributed by atoms with Gasteiger partial charge in [0.05, 0.1) is 24.3 Å². The molecule has 0 spiro atoms. The zero-order valence-corrected chi connectivity index (χ0v) is 18.8. The Balaban J connectivity index is 1.36. The van der Waals surface area contributed by atoms with Crippen LogP contribution in [0.1, 0.15) is 29.5 Å². The highest BCUT2D eigenvalue weighted by atomic mass is 16.5. The molecule has 0 amide bonds. The summed E-state index contributed by atoms with van der Waals surface area (Å²) in [7, 11) is 2.15. The first-order valence-electron chi connectivity index (χ1n) is 11.3. The van der Waals surface area contributed by atoms with Gasteiger partial charge in [-0.2, -0.15) is 5.10 Å². The van der Waals surface area contributed by atoms with Gasteiger partial charge in [0.25, 0.3) is 5.88 Å². The smallest absolute Gasteiger partial charge is 0.263 e. The standard InChI is InChI=1S/C24H30N6O2/c1-16-9-18(10-19-14-29(2)6-3-21(16)19)22-12-26-23(25)24(28-22)32-20-11-27-30(15-20)13-17-4-7-31-8-5-17/h9-12,15,17H,3-8,13-14H2,1-2H3,(H2,25,26). The molecule has 0 bridgehead atoms. The van der Waals surface area contributed by atoms with Crippen LogP contribution in [-0.4, -0.2) is 51.5 Å². The molecule has 3 aromatic rings. The number of rotatable bonds is 5. The van der Waals surface area contributed by atoms with Crippen molar-refractivity contribution in [2.45, 2.75) is 39.3 Å². The number of nitrogen functional groups attached to an aromatic ring is 1. The van der Waals surface area contributed by atoms with Gasteiger partial charge in [-0.15, -0.1) is 0 Å². The van der Waals surface area contributed by atoms with Crippen molar-refractivity contribution in [3.05, 3.63) is 47.4 Å². The fourth-order valence-electron chi connectivity index (χ4n) is 4.61. The zero-order chi connectivity index (χ0) is 22.1. The summed E-state index contributed by atoms with van der Waals surface area (Å²) in [5.41, 5.74) is 12.0. The Kier molecular flexibility index (Phi) is 5.80. The minimum Gasteiger partial charge on any atom is -0.433 e. The fourth-order valence-corrected chi connectivity index (χ4v) is 4.61. The molecule has 168 valence electrons. The lowest BCUT2D eigenvalue weighted by Gasteiger charge is -2.27. The molecule has 32 heavy (non-hydrogen) atoms. The van der Waals surface area contributed by atoms with Crippen LogP contribution in [0.5, 0.6) is 11.6 Å². The van der Waals surface area contributed by atoms with E-state index in [-0.39, 0.29) is 5.82 Å². The van der Waals surface area contributed by atoms with Crippen molar-refractivity contribution in [3.8, 4) is 22.9 Å². The summed E-state index contributed by atoms with van der Waals surface area (Å²) in [5, 5.41) is 4.44. The van der Waals surface area contributed by atoms with E-state index in [0.29, 0.717) is 17.5 Å². The maximum absolute atomic E-state index is 6.08. The van der Waals surface area contributed by atoms with Crippen LogP contribution in [0.25, 0.3) is 11.3 Å². The van der Waals surface area contributed by atoms with Crippen molar-refractivity contribution in [2.75, 3.05) is 32.5 Å². The van der Waals surface area contributed by atoms with Crippen molar-refractivity contribution >= 4 is 5.82 Å². The molecule has 2 aliphatic rings. The second-order valence-electron chi connectivity index (χ2n) is 8.92. The first-order valence-corrected chi connectivity index (χ1v) is 11.3. The van der Waals surface area contributed by atoms with Crippen molar-refractivity contribution in [1.29, 1.82) is 0 Å². The molecule has 5 rings (SSSR count). The molecule has 0 atom stereocenters. The van der Waals surface area contributed by atoms with Gasteiger partial charge in [0.15, 0.2) is 11.6 Å². The maximum Gasteiger partial charge on any atom is 0.263 e. The van der Waals surface area contributed by atoms with E-state index >= 15 is 0 Å². The SMILES string of the molecule is Cc1cc(-c2cnc(N)c(Oc3cnn(CC4CCOCC4)c3)n2)cc2c1CCN(C)C2. The van der Waals surface area contributed by atoms with Crippen LogP contribution in [0.3, 0.4) is 0 Å². The summed E-state index contributed by atoms with van der Waals surface area (Å²) in [6.45, 7) is 6.72. The van der Waals surface area contributed by atoms with Crippen molar-refractivity contribution in [3.63, 3.8) is 0 Å². The molecule has 2 N–H and O–H groups in total. The van der Waals surface area contributed by atoms with Gasteiger partial charge in [0.1, 0.15) is 0 Å². The number of nitrogens with zero attached hydrogens (tertiary/aromatic N) is 5. The first kappa shape index (κ1) is 20.9. The molecule has 4 heterocycles. The average Bonchev–Trinajstić information content (AvgIpc) is 3.22. The predicted molar refractivity (Wildman–Crippen MR) is 122 cm³/mol. The molecule has 0 saturated carbocycles. The molecular weight excluding hydrogens is 404 g/mol. The number of benzene rings is 1. The van der Waals surface area contributed by atoms with Crippen LogP contribution >= 0.6 is 0 Å². The number of hydrogen-bond donors (Lipinski definition) is 1. The number of likely N-dealkylation sites (N-methyl/N-ethyl adjacent to an activating group) is 1. The Hall–Kier alpha value is -2.97. The summed E-state index contributed by atoms with van der Waals surface area (Å²) in [6, 6.07) is 4.40. The molecule has 1 aromatic carbocycles. The molecule has 1 fully saturated rings. The number of ether oxygens (including phenoxy) is 2. The summed E-state index contributed by atoms with van der Waals surface area (Å²) < 4.78 is 13.3. The van der Waals surface area contributed by atoms with Crippen LogP contribution in [0.15, 0.2) is 30.7 Å². The summed E-state index contributed by atoms with van der Waals surface area (Å²) >= 11 is 0. The molecule has 0 unspecified atom stereocenters. The van der Waals surface area contributed by atoms with Gasteiger partial charge in [-0.05, 0) is 68.0 Å². The quantitative estimate of drug-likeness (QED) is 0.658. The summed E-state index contributed by atoms with van der Waals surface area (Å²) in [6.07, 6.45) is 8.51. The third kappa shape index (κ3) is 4.47. The van der Waals surface area contributed by atoms with Gasteiger partial charge in [0.2, 0.25) is 0 Å². The predicted octanol–water partition coefficient (Wildman–Crippen LogP) is 3.44. The molecule has 2 aromatic heterocycles. The molecule has 8 nitrogen and oxygen atoms in total. The highest BCUT2D eigenvalue weighted by Gasteiger charge is 2.19. The zero-order valence-electron chi connectivity index (χ0n) is 18.8. The molecule has 2 aliphatic heterocycles. The van der Waals surface area contributed by atoms with E-state index in [0.717, 1.165) is 63.4 Å². The fraction of sp³-hybridized carbons (Fsp3) is 0.458. The Morgan fingerprint density at radius 2 is 2.06 bits per heavy atom. The van der Waals surface area contributed by atoms with Gasteiger partial charge in [-0.25, -0.2) is 9.97 Å². The van der Waals surface area contributed by atoms with Crippen molar-refractivity contribution < 1.29 is 9.47 Å². The molecule has 0 radical (unpaired) electrons. The summed E-state index contributed by atoms with van der Waals surface area (Å²) in [4.78, 5) is 11.4. The van der Waals surface area contributed by atoms with Crippen LogP contribution in [0.2, 0.25) is 0 Å². The molecular formula is C24H30N6O2. The lowest BCUT2D eigenvalue weighted by molar-refractivity contribution is 0.0601. The van der Waals surface area contributed by atoms with E-state index < -0.39 is 0 Å². The molecule has 1 saturated heterocycles. The largest absolute Gasteiger partial charge is 0.433 e. The van der Waals surface area contributed by atoms with Crippen LogP contribution in [0, 0.1) is 12.8 Å². The van der Waals surface area contributed by atoms with Gasteiger partial charge in [-0.3, -0.25) is 4.68 Å². The number of aromatic nitrogens is 4. The lowest BCUT2D eigenvalue weighted by Crippen LogP contribution is -2.27. The highest BCUT2D eigenvalue weighted by molar-refractivity contribution is 5.64. The monoisotopic (exact) mass is 434 g/mol. The topological polar surface area (TPSA) is 91.3 Å². The Morgan fingerprint density at radius 1 is 1.22 bits per heavy atom. The number of hydrogen-bond acceptors (Lipinski definition) is 7. The van der Waals surface area contributed by atoms with Gasteiger partial charge >= 0.3 is 0 Å². The number of anilines is 1. The third-order valence-electron chi connectivity index (χ3n) is 6.42. The summed E-state index contributed by atoms with van der Waals surface area (Å²) in [5.74, 6) is 1.76. The van der Waals surface area contributed by atoms with Gasteiger partial charge in [-0.1, -0.05) is 0 Å². The van der Waals surface area contributed by atoms with E-state index in [4.69, 9.17) is 20.2 Å². The van der Waals surface area contributed by atoms with Crippen LogP contribution in [0.4, 0.5) is 5.82 Å². The average molecular weight is 435 g/mol. The van der Waals surface area contributed by atoms with E-state index in [1.165, 1.54) is 16.7 Å². The van der Waals surface area contributed by atoms with Crippen LogP contribution < -0.4 is 10.5 Å². The van der Waals surface area contributed by atoms with Gasteiger partial charge in [0, 0.05) is 38.4 Å².